The number of amides is 1. The second-order valence-electron chi connectivity index (χ2n) is 5.61. The van der Waals surface area contributed by atoms with Crippen LogP contribution < -0.4 is 5.32 Å². The molecule has 0 radical (unpaired) electrons. The van der Waals surface area contributed by atoms with Gasteiger partial charge in [-0.25, -0.2) is 9.97 Å². The Morgan fingerprint density at radius 3 is 2.91 bits per heavy atom. The van der Waals surface area contributed by atoms with Crippen LogP contribution in [0.3, 0.4) is 0 Å². The minimum absolute atomic E-state index is 0.0611. The number of ether oxygens (including phenoxy) is 2. The largest absolute Gasteiger partial charge is 0.378 e. The zero-order valence-corrected chi connectivity index (χ0v) is 12.9. The number of aryl methyl sites for hydroxylation is 1. The number of hydrogen-bond donors (Lipinski definition) is 1. The first-order valence-corrected chi connectivity index (χ1v) is 7.80. The van der Waals surface area contributed by atoms with E-state index in [1.807, 2.05) is 0 Å². The summed E-state index contributed by atoms with van der Waals surface area (Å²) in [6.45, 7) is 5.73. The number of nitrogens with one attached hydrogen (secondary N) is 1. The number of carbonyl (C=O) groups is 1. The Bertz CT molecular complexity index is 526. The standard InChI is InChI=1S/C15H22N4O3/c1-11-17-13(15(20)19-4-7-21-8-5-19)9-14(18-11)16-10-12-3-2-6-22-12/h9,12H,2-8,10H2,1H3,(H,16,17,18)/t12-/m0/s1. The highest BCUT2D eigenvalue weighted by molar-refractivity contribution is 5.93. The second-order valence-corrected chi connectivity index (χ2v) is 5.61. The Hall–Kier alpha value is -1.73. The fraction of sp³-hybridized carbons (Fsp3) is 0.667. The number of anilines is 1. The summed E-state index contributed by atoms with van der Waals surface area (Å²) in [5, 5.41) is 3.25. The van der Waals surface area contributed by atoms with E-state index in [2.05, 4.69) is 15.3 Å². The zero-order chi connectivity index (χ0) is 15.4. The lowest BCUT2D eigenvalue weighted by Gasteiger charge is -2.26. The van der Waals surface area contributed by atoms with Crippen LogP contribution in [0.25, 0.3) is 0 Å². The second kappa shape index (κ2) is 7.02. The fourth-order valence-electron chi connectivity index (χ4n) is 2.72. The molecule has 2 aliphatic rings. The molecule has 1 aromatic heterocycles. The summed E-state index contributed by atoms with van der Waals surface area (Å²) in [5.41, 5.74) is 0.434. The van der Waals surface area contributed by atoms with Crippen LogP contribution in [0, 0.1) is 6.92 Å². The molecule has 1 N–H and O–H groups in total. The normalized spacial score (nSPS) is 21.9. The molecular weight excluding hydrogens is 284 g/mol. The topological polar surface area (TPSA) is 76.6 Å². The van der Waals surface area contributed by atoms with Crippen molar-refractivity contribution in [1.82, 2.24) is 14.9 Å². The van der Waals surface area contributed by atoms with Crippen molar-refractivity contribution in [2.45, 2.75) is 25.9 Å². The van der Waals surface area contributed by atoms with E-state index in [1.165, 1.54) is 0 Å². The molecule has 1 amide bonds. The molecule has 2 aliphatic heterocycles. The summed E-state index contributed by atoms with van der Waals surface area (Å²) in [6, 6.07) is 1.72. The summed E-state index contributed by atoms with van der Waals surface area (Å²) in [6.07, 6.45) is 2.40. The van der Waals surface area contributed by atoms with Crippen molar-refractivity contribution in [3.05, 3.63) is 17.6 Å². The van der Waals surface area contributed by atoms with E-state index in [-0.39, 0.29) is 12.0 Å². The summed E-state index contributed by atoms with van der Waals surface area (Å²) in [7, 11) is 0. The van der Waals surface area contributed by atoms with Crippen molar-refractivity contribution in [3.8, 4) is 0 Å². The van der Waals surface area contributed by atoms with E-state index in [9.17, 15) is 4.79 Å². The quantitative estimate of drug-likeness (QED) is 0.888. The van der Waals surface area contributed by atoms with Gasteiger partial charge in [-0.05, 0) is 19.8 Å². The molecule has 0 aromatic carbocycles. The molecule has 0 bridgehead atoms. The van der Waals surface area contributed by atoms with Gasteiger partial charge in [0.25, 0.3) is 5.91 Å². The van der Waals surface area contributed by atoms with Crippen molar-refractivity contribution in [2.75, 3.05) is 44.8 Å². The van der Waals surface area contributed by atoms with Gasteiger partial charge in [0.2, 0.25) is 0 Å². The molecule has 22 heavy (non-hydrogen) atoms. The molecule has 3 heterocycles. The Morgan fingerprint density at radius 2 is 2.18 bits per heavy atom. The lowest BCUT2D eigenvalue weighted by atomic mass is 10.2. The van der Waals surface area contributed by atoms with E-state index < -0.39 is 0 Å². The third kappa shape index (κ3) is 3.72. The lowest BCUT2D eigenvalue weighted by Crippen LogP contribution is -2.41. The van der Waals surface area contributed by atoms with Crippen LogP contribution in [0.4, 0.5) is 5.82 Å². The third-order valence-corrected chi connectivity index (χ3v) is 3.89. The van der Waals surface area contributed by atoms with Crippen LogP contribution in [0.1, 0.15) is 29.2 Å². The smallest absolute Gasteiger partial charge is 0.272 e. The number of aromatic nitrogens is 2. The SMILES string of the molecule is Cc1nc(NC[C@@H]2CCCO2)cc(C(=O)N2CCOCC2)n1. The number of morpholine rings is 1. The van der Waals surface area contributed by atoms with Gasteiger partial charge in [0.15, 0.2) is 0 Å². The molecule has 1 aromatic rings. The van der Waals surface area contributed by atoms with Gasteiger partial charge >= 0.3 is 0 Å². The number of carbonyl (C=O) groups excluding carboxylic acids is 1. The highest BCUT2D eigenvalue weighted by Gasteiger charge is 2.21. The molecular formula is C15H22N4O3. The predicted molar refractivity (Wildman–Crippen MR) is 81.0 cm³/mol. The Balaban J connectivity index is 1.67. The molecule has 120 valence electrons. The number of hydrogen-bond acceptors (Lipinski definition) is 6. The monoisotopic (exact) mass is 306 g/mol. The first kappa shape index (κ1) is 15.2. The highest BCUT2D eigenvalue weighted by atomic mass is 16.5. The van der Waals surface area contributed by atoms with E-state index in [4.69, 9.17) is 9.47 Å². The van der Waals surface area contributed by atoms with Crippen LogP contribution in [0.2, 0.25) is 0 Å². The molecule has 0 spiro atoms. The predicted octanol–water partition coefficient (Wildman–Crippen LogP) is 0.848. The van der Waals surface area contributed by atoms with E-state index in [1.54, 1.807) is 17.9 Å². The van der Waals surface area contributed by atoms with Gasteiger partial charge in [-0.1, -0.05) is 0 Å². The molecule has 7 nitrogen and oxygen atoms in total. The van der Waals surface area contributed by atoms with Crippen LogP contribution in [-0.2, 0) is 9.47 Å². The summed E-state index contributed by atoms with van der Waals surface area (Å²) >= 11 is 0. The molecule has 7 heteroatoms. The van der Waals surface area contributed by atoms with Gasteiger partial charge in [0, 0.05) is 32.3 Å². The summed E-state index contributed by atoms with van der Waals surface area (Å²) in [5.74, 6) is 1.21. The number of rotatable bonds is 4. The molecule has 3 rings (SSSR count). The molecule has 0 saturated carbocycles. The first-order chi connectivity index (χ1) is 10.7. The Morgan fingerprint density at radius 1 is 1.36 bits per heavy atom. The highest BCUT2D eigenvalue weighted by Crippen LogP contribution is 2.14. The van der Waals surface area contributed by atoms with E-state index in [0.29, 0.717) is 50.2 Å². The van der Waals surface area contributed by atoms with Crippen molar-refractivity contribution < 1.29 is 14.3 Å². The molecule has 0 aliphatic carbocycles. The zero-order valence-electron chi connectivity index (χ0n) is 12.9. The van der Waals surface area contributed by atoms with Crippen LogP contribution in [-0.4, -0.2) is 66.3 Å². The molecule has 1 atom stereocenters. The lowest BCUT2D eigenvalue weighted by molar-refractivity contribution is 0.0299. The fourth-order valence-corrected chi connectivity index (χ4v) is 2.72. The van der Waals surface area contributed by atoms with E-state index >= 15 is 0 Å². The first-order valence-electron chi connectivity index (χ1n) is 7.80. The van der Waals surface area contributed by atoms with Crippen molar-refractivity contribution in [2.24, 2.45) is 0 Å². The van der Waals surface area contributed by atoms with Gasteiger partial charge in [-0.15, -0.1) is 0 Å². The Labute approximate surface area is 130 Å². The Kier molecular flexibility index (Phi) is 4.84. The molecule has 2 saturated heterocycles. The summed E-state index contributed by atoms with van der Waals surface area (Å²) in [4.78, 5) is 22.9. The molecule has 2 fully saturated rings. The van der Waals surface area contributed by atoms with Crippen LogP contribution >= 0.6 is 0 Å². The van der Waals surface area contributed by atoms with Gasteiger partial charge in [-0.2, -0.15) is 0 Å². The maximum Gasteiger partial charge on any atom is 0.272 e. The van der Waals surface area contributed by atoms with Crippen LogP contribution in [0.5, 0.6) is 0 Å². The van der Waals surface area contributed by atoms with Gasteiger partial charge in [-0.3, -0.25) is 4.79 Å². The third-order valence-electron chi connectivity index (χ3n) is 3.89. The summed E-state index contributed by atoms with van der Waals surface area (Å²) < 4.78 is 10.9. The maximum atomic E-state index is 12.5. The average molecular weight is 306 g/mol. The molecule has 0 unspecified atom stereocenters. The van der Waals surface area contributed by atoms with E-state index in [0.717, 1.165) is 19.4 Å². The minimum Gasteiger partial charge on any atom is -0.378 e. The minimum atomic E-state index is -0.0611. The maximum absolute atomic E-state index is 12.5. The van der Waals surface area contributed by atoms with Gasteiger partial charge in [0.05, 0.1) is 19.3 Å². The number of nitrogens with zero attached hydrogens (tertiary/aromatic N) is 3. The average Bonchev–Trinajstić information content (AvgIpc) is 3.06. The van der Waals surface area contributed by atoms with Crippen LogP contribution in [0.15, 0.2) is 6.07 Å². The van der Waals surface area contributed by atoms with Crippen molar-refractivity contribution >= 4 is 11.7 Å². The van der Waals surface area contributed by atoms with Gasteiger partial charge in [0.1, 0.15) is 17.3 Å². The van der Waals surface area contributed by atoms with Gasteiger partial charge < -0.3 is 19.7 Å². The van der Waals surface area contributed by atoms with Crippen molar-refractivity contribution in [1.29, 1.82) is 0 Å². The van der Waals surface area contributed by atoms with Crippen molar-refractivity contribution in [3.63, 3.8) is 0 Å².